The minimum Gasteiger partial charge on any atom is -0.122 e. The van der Waals surface area contributed by atoms with Gasteiger partial charge in [0.2, 0.25) is 0 Å². The van der Waals surface area contributed by atoms with Gasteiger partial charge in [0.15, 0.2) is 0 Å². The van der Waals surface area contributed by atoms with E-state index in [0.717, 1.165) is 5.92 Å². The van der Waals surface area contributed by atoms with Crippen molar-refractivity contribution in [2.24, 2.45) is 11.8 Å². The maximum Gasteiger partial charge on any atom is 0.0436 e. The monoisotopic (exact) mass is 172 g/mol. The molecule has 1 aliphatic carbocycles. The zero-order valence-corrected chi connectivity index (χ0v) is 8.19. The third kappa shape index (κ3) is 2.52. The molecule has 1 heteroatoms. The molecule has 1 saturated carbocycles. The summed E-state index contributed by atoms with van der Waals surface area (Å²) >= 11 is 5.82. The van der Waals surface area contributed by atoms with Crippen LogP contribution in [0.25, 0.3) is 0 Å². The zero-order valence-electron chi connectivity index (χ0n) is 7.44. The smallest absolute Gasteiger partial charge is 0.0436 e. The van der Waals surface area contributed by atoms with Crippen LogP contribution in [0.5, 0.6) is 0 Å². The average molecular weight is 173 g/mol. The van der Waals surface area contributed by atoms with Gasteiger partial charge in [-0.3, -0.25) is 0 Å². The third-order valence-electron chi connectivity index (χ3n) is 2.50. The third-order valence-corrected chi connectivity index (χ3v) is 2.80. The van der Waals surface area contributed by atoms with Crippen molar-refractivity contribution in [1.82, 2.24) is 0 Å². The maximum absolute atomic E-state index is 5.82. The van der Waals surface area contributed by atoms with E-state index >= 15 is 0 Å². The Bertz CT molecular complexity index is 143. The number of allylic oxidation sites excluding steroid dienone is 2. The van der Waals surface area contributed by atoms with Crippen LogP contribution in [0.4, 0.5) is 0 Å². The predicted octanol–water partition coefficient (Wildman–Crippen LogP) is 3.61. The van der Waals surface area contributed by atoms with Crippen LogP contribution in [0.3, 0.4) is 0 Å². The first-order valence-corrected chi connectivity index (χ1v) is 5.04. The van der Waals surface area contributed by atoms with Crippen molar-refractivity contribution in [2.45, 2.75) is 33.1 Å². The summed E-state index contributed by atoms with van der Waals surface area (Å²) in [5.74, 6) is 2.20. The largest absolute Gasteiger partial charge is 0.122 e. The van der Waals surface area contributed by atoms with Crippen LogP contribution >= 0.6 is 11.6 Å². The summed E-state index contributed by atoms with van der Waals surface area (Å²) in [4.78, 5) is 0. The lowest BCUT2D eigenvalue weighted by molar-refractivity contribution is 0.384. The van der Waals surface area contributed by atoms with Gasteiger partial charge in [0.25, 0.3) is 0 Å². The van der Waals surface area contributed by atoms with Crippen LogP contribution in [0.1, 0.15) is 33.1 Å². The molecule has 0 unspecified atom stereocenters. The SMILES string of the molecule is CC(C)C(=CC1CCC1)CCl. The Morgan fingerprint density at radius 2 is 2.18 bits per heavy atom. The van der Waals surface area contributed by atoms with Crippen molar-refractivity contribution >= 4 is 11.6 Å². The lowest BCUT2D eigenvalue weighted by Crippen LogP contribution is -2.10. The molecule has 0 saturated heterocycles. The van der Waals surface area contributed by atoms with Crippen molar-refractivity contribution < 1.29 is 0 Å². The van der Waals surface area contributed by atoms with Gasteiger partial charge in [-0.15, -0.1) is 11.6 Å². The quantitative estimate of drug-likeness (QED) is 0.451. The van der Waals surface area contributed by atoms with Crippen molar-refractivity contribution in [1.29, 1.82) is 0 Å². The molecule has 0 aromatic heterocycles. The molecule has 0 nitrogen and oxygen atoms in total. The maximum atomic E-state index is 5.82. The molecule has 0 bridgehead atoms. The van der Waals surface area contributed by atoms with Crippen molar-refractivity contribution in [2.75, 3.05) is 5.88 Å². The van der Waals surface area contributed by atoms with Gasteiger partial charge in [0.1, 0.15) is 0 Å². The van der Waals surface area contributed by atoms with Crippen LogP contribution in [0.15, 0.2) is 11.6 Å². The van der Waals surface area contributed by atoms with Crippen LogP contribution in [0.2, 0.25) is 0 Å². The topological polar surface area (TPSA) is 0 Å². The first kappa shape index (κ1) is 9.12. The molecule has 0 aromatic carbocycles. The molecule has 11 heavy (non-hydrogen) atoms. The van der Waals surface area contributed by atoms with E-state index < -0.39 is 0 Å². The Labute approximate surface area is 74.6 Å². The molecule has 1 aliphatic rings. The molecule has 0 heterocycles. The molecule has 0 aliphatic heterocycles. The molecular weight excluding hydrogens is 156 g/mol. The van der Waals surface area contributed by atoms with Gasteiger partial charge in [0.05, 0.1) is 0 Å². The highest BCUT2D eigenvalue weighted by atomic mass is 35.5. The van der Waals surface area contributed by atoms with Gasteiger partial charge in [0, 0.05) is 5.88 Å². The molecule has 0 N–H and O–H groups in total. The van der Waals surface area contributed by atoms with Crippen LogP contribution in [0, 0.1) is 11.8 Å². The molecule has 0 atom stereocenters. The van der Waals surface area contributed by atoms with Crippen molar-refractivity contribution in [3.05, 3.63) is 11.6 Å². The van der Waals surface area contributed by atoms with Crippen LogP contribution in [-0.4, -0.2) is 5.88 Å². The molecule has 1 rings (SSSR count). The predicted molar refractivity (Wildman–Crippen MR) is 51.0 cm³/mol. The molecule has 0 spiro atoms. The van der Waals surface area contributed by atoms with E-state index in [0.29, 0.717) is 11.8 Å². The number of halogens is 1. The van der Waals surface area contributed by atoms with E-state index in [9.17, 15) is 0 Å². The highest BCUT2D eigenvalue weighted by molar-refractivity contribution is 6.19. The number of alkyl halides is 1. The minimum absolute atomic E-state index is 0.632. The van der Waals surface area contributed by atoms with Gasteiger partial charge >= 0.3 is 0 Å². The second-order valence-electron chi connectivity index (χ2n) is 3.72. The van der Waals surface area contributed by atoms with E-state index in [4.69, 9.17) is 11.6 Å². The Hall–Kier alpha value is 0.0300. The molecule has 0 amide bonds. The van der Waals surface area contributed by atoms with Gasteiger partial charge in [-0.25, -0.2) is 0 Å². The molecular formula is C10H17Cl. The second-order valence-corrected chi connectivity index (χ2v) is 3.99. The highest BCUT2D eigenvalue weighted by Crippen LogP contribution is 2.30. The van der Waals surface area contributed by atoms with E-state index in [2.05, 4.69) is 19.9 Å². The number of hydrogen-bond acceptors (Lipinski definition) is 0. The van der Waals surface area contributed by atoms with Gasteiger partial charge in [-0.05, 0) is 24.7 Å². The van der Waals surface area contributed by atoms with E-state index in [1.807, 2.05) is 0 Å². The van der Waals surface area contributed by atoms with Crippen LogP contribution < -0.4 is 0 Å². The lowest BCUT2D eigenvalue weighted by atomic mass is 9.83. The summed E-state index contributed by atoms with van der Waals surface area (Å²) < 4.78 is 0. The van der Waals surface area contributed by atoms with Crippen LogP contribution in [-0.2, 0) is 0 Å². The Morgan fingerprint density at radius 1 is 1.55 bits per heavy atom. The Kier molecular flexibility index (Phi) is 3.45. The second kappa shape index (κ2) is 4.15. The summed E-state index contributed by atoms with van der Waals surface area (Å²) in [6.45, 7) is 4.43. The molecule has 0 aromatic rings. The molecule has 64 valence electrons. The Balaban J connectivity index is 2.44. The summed E-state index contributed by atoms with van der Waals surface area (Å²) in [5.41, 5.74) is 1.43. The fourth-order valence-corrected chi connectivity index (χ4v) is 1.70. The number of hydrogen-bond donors (Lipinski definition) is 0. The fraction of sp³-hybridized carbons (Fsp3) is 0.800. The lowest BCUT2D eigenvalue weighted by Gasteiger charge is -2.23. The first-order valence-electron chi connectivity index (χ1n) is 4.50. The van der Waals surface area contributed by atoms with E-state index in [1.54, 1.807) is 0 Å². The van der Waals surface area contributed by atoms with Gasteiger partial charge in [-0.2, -0.15) is 0 Å². The summed E-state index contributed by atoms with van der Waals surface area (Å²) in [6, 6.07) is 0. The number of rotatable bonds is 3. The molecule has 1 fully saturated rings. The van der Waals surface area contributed by atoms with E-state index in [1.165, 1.54) is 24.8 Å². The minimum atomic E-state index is 0.632. The highest BCUT2D eigenvalue weighted by Gasteiger charge is 2.15. The summed E-state index contributed by atoms with van der Waals surface area (Å²) in [7, 11) is 0. The van der Waals surface area contributed by atoms with Gasteiger partial charge in [-0.1, -0.05) is 31.9 Å². The standard InChI is InChI=1S/C10H17Cl/c1-8(2)10(7-11)6-9-4-3-5-9/h6,8-9H,3-5,7H2,1-2H3. The normalized spacial score (nSPS) is 20.5. The fourth-order valence-electron chi connectivity index (χ4n) is 1.30. The van der Waals surface area contributed by atoms with Gasteiger partial charge < -0.3 is 0 Å². The summed E-state index contributed by atoms with van der Waals surface area (Å²) in [5, 5.41) is 0. The first-order chi connectivity index (χ1) is 5.24. The van der Waals surface area contributed by atoms with Crippen molar-refractivity contribution in [3.8, 4) is 0 Å². The Morgan fingerprint density at radius 3 is 2.45 bits per heavy atom. The average Bonchev–Trinajstić information content (AvgIpc) is 1.85. The van der Waals surface area contributed by atoms with E-state index in [-0.39, 0.29) is 0 Å². The molecule has 0 radical (unpaired) electrons. The summed E-state index contributed by atoms with van der Waals surface area (Å²) in [6.07, 6.45) is 6.57. The van der Waals surface area contributed by atoms with Crippen molar-refractivity contribution in [3.63, 3.8) is 0 Å². The zero-order chi connectivity index (χ0) is 8.27.